The van der Waals surface area contributed by atoms with Crippen LogP contribution < -0.4 is 11.3 Å². The highest BCUT2D eigenvalue weighted by molar-refractivity contribution is 5.80. The van der Waals surface area contributed by atoms with Crippen molar-refractivity contribution < 1.29 is 9.59 Å². The maximum atomic E-state index is 11.4. The molecule has 0 aromatic carbocycles. The highest BCUT2D eigenvalue weighted by Crippen LogP contribution is 2.23. The topological polar surface area (TPSA) is 75.4 Å². The summed E-state index contributed by atoms with van der Waals surface area (Å²) in [6, 6.07) is -0.0511. The van der Waals surface area contributed by atoms with Crippen molar-refractivity contribution in [3.63, 3.8) is 0 Å². The van der Waals surface area contributed by atoms with Crippen LogP contribution in [-0.2, 0) is 9.59 Å². The van der Waals surface area contributed by atoms with E-state index in [9.17, 15) is 9.59 Å². The number of nitrogens with zero attached hydrogens (tertiary/aromatic N) is 1. The van der Waals surface area contributed by atoms with Gasteiger partial charge >= 0.3 is 0 Å². The van der Waals surface area contributed by atoms with Crippen LogP contribution in [-0.4, -0.2) is 29.3 Å². The van der Waals surface area contributed by atoms with Crippen molar-refractivity contribution in [3.05, 3.63) is 0 Å². The Morgan fingerprint density at radius 2 is 2.14 bits per heavy atom. The molecule has 80 valence electrons. The van der Waals surface area contributed by atoms with Crippen molar-refractivity contribution in [2.75, 3.05) is 6.54 Å². The summed E-state index contributed by atoms with van der Waals surface area (Å²) in [5, 5.41) is 0. The van der Waals surface area contributed by atoms with Crippen LogP contribution in [0.3, 0.4) is 0 Å². The Kier molecular flexibility index (Phi) is 3.46. The summed E-state index contributed by atoms with van der Waals surface area (Å²) in [6.45, 7) is 4.16. The Morgan fingerprint density at radius 1 is 1.50 bits per heavy atom. The van der Waals surface area contributed by atoms with Crippen molar-refractivity contribution >= 4 is 11.8 Å². The van der Waals surface area contributed by atoms with E-state index in [2.05, 4.69) is 5.43 Å². The monoisotopic (exact) mass is 199 g/mol. The third-order valence-corrected chi connectivity index (χ3v) is 2.87. The van der Waals surface area contributed by atoms with Crippen molar-refractivity contribution in [1.29, 1.82) is 0 Å². The van der Waals surface area contributed by atoms with E-state index in [-0.39, 0.29) is 23.8 Å². The molecule has 3 N–H and O–H groups in total. The van der Waals surface area contributed by atoms with Gasteiger partial charge in [-0.05, 0) is 19.8 Å². The SMILES string of the molecule is CC(=O)N1CCC[C@H](C(=O)NN)[C@@H]1C. The maximum absolute atomic E-state index is 11.4. The van der Waals surface area contributed by atoms with Crippen molar-refractivity contribution in [2.24, 2.45) is 11.8 Å². The largest absolute Gasteiger partial charge is 0.339 e. The second-order valence-electron chi connectivity index (χ2n) is 3.71. The Bertz CT molecular complexity index is 242. The fourth-order valence-corrected chi connectivity index (χ4v) is 2.05. The summed E-state index contributed by atoms with van der Waals surface area (Å²) in [4.78, 5) is 24.3. The van der Waals surface area contributed by atoms with Gasteiger partial charge in [0.25, 0.3) is 0 Å². The second kappa shape index (κ2) is 4.41. The number of piperidine rings is 1. The van der Waals surface area contributed by atoms with E-state index in [1.54, 1.807) is 4.90 Å². The first-order valence-electron chi connectivity index (χ1n) is 4.85. The van der Waals surface area contributed by atoms with E-state index in [0.29, 0.717) is 0 Å². The lowest BCUT2D eigenvalue weighted by atomic mass is 9.89. The van der Waals surface area contributed by atoms with Gasteiger partial charge in [0.05, 0.1) is 5.92 Å². The van der Waals surface area contributed by atoms with E-state index >= 15 is 0 Å². The molecule has 1 saturated heterocycles. The quantitative estimate of drug-likeness (QED) is 0.343. The minimum Gasteiger partial charge on any atom is -0.339 e. The molecule has 0 saturated carbocycles. The van der Waals surface area contributed by atoms with E-state index in [1.807, 2.05) is 6.92 Å². The zero-order valence-electron chi connectivity index (χ0n) is 8.62. The molecule has 1 aliphatic rings. The molecule has 1 heterocycles. The zero-order chi connectivity index (χ0) is 10.7. The molecule has 0 bridgehead atoms. The predicted octanol–water partition coefficient (Wildman–Crippen LogP) is -0.377. The van der Waals surface area contributed by atoms with E-state index in [1.165, 1.54) is 6.92 Å². The van der Waals surface area contributed by atoms with Gasteiger partial charge in [0.2, 0.25) is 11.8 Å². The van der Waals surface area contributed by atoms with Crippen LogP contribution in [0.25, 0.3) is 0 Å². The number of likely N-dealkylation sites (tertiary alicyclic amines) is 1. The number of carbonyl (C=O) groups is 2. The lowest BCUT2D eigenvalue weighted by molar-refractivity contribution is -0.137. The molecule has 0 aromatic rings. The smallest absolute Gasteiger partial charge is 0.239 e. The highest BCUT2D eigenvalue weighted by atomic mass is 16.2. The summed E-state index contributed by atoms with van der Waals surface area (Å²) in [5.74, 6) is 4.76. The van der Waals surface area contributed by atoms with Gasteiger partial charge in [0.1, 0.15) is 0 Å². The van der Waals surface area contributed by atoms with Crippen LogP contribution in [0.4, 0.5) is 0 Å². The lowest BCUT2D eigenvalue weighted by Gasteiger charge is -2.37. The fraction of sp³-hybridized carbons (Fsp3) is 0.778. The Labute approximate surface area is 83.6 Å². The molecular formula is C9H17N3O2. The molecule has 5 heteroatoms. The third kappa shape index (κ3) is 2.04. The number of nitrogens with one attached hydrogen (secondary N) is 1. The second-order valence-corrected chi connectivity index (χ2v) is 3.71. The van der Waals surface area contributed by atoms with Gasteiger partial charge < -0.3 is 4.90 Å². The minimum atomic E-state index is -0.177. The number of nitrogens with two attached hydrogens (primary N) is 1. The number of rotatable bonds is 1. The van der Waals surface area contributed by atoms with Crippen molar-refractivity contribution in [2.45, 2.75) is 32.7 Å². The van der Waals surface area contributed by atoms with Gasteiger partial charge in [-0.3, -0.25) is 15.0 Å². The maximum Gasteiger partial charge on any atom is 0.239 e. The lowest BCUT2D eigenvalue weighted by Crippen LogP contribution is -2.51. The number of amides is 2. The molecule has 1 fully saturated rings. The van der Waals surface area contributed by atoms with Crippen LogP contribution in [0, 0.1) is 5.92 Å². The van der Waals surface area contributed by atoms with Crippen LogP contribution in [0.1, 0.15) is 26.7 Å². The normalized spacial score (nSPS) is 27.2. The molecule has 0 spiro atoms. The van der Waals surface area contributed by atoms with E-state index < -0.39 is 0 Å². The molecule has 5 nitrogen and oxygen atoms in total. The first kappa shape index (κ1) is 11.0. The average molecular weight is 199 g/mol. The number of hydrazine groups is 1. The summed E-state index contributed by atoms with van der Waals surface area (Å²) in [6.07, 6.45) is 1.66. The molecule has 0 aromatic heterocycles. The van der Waals surface area contributed by atoms with E-state index in [0.717, 1.165) is 19.4 Å². The Morgan fingerprint density at radius 3 is 2.64 bits per heavy atom. The van der Waals surface area contributed by atoms with Crippen LogP contribution in [0.2, 0.25) is 0 Å². The number of carbonyl (C=O) groups excluding carboxylic acids is 2. The van der Waals surface area contributed by atoms with Crippen LogP contribution in [0.5, 0.6) is 0 Å². The highest BCUT2D eigenvalue weighted by Gasteiger charge is 2.33. The van der Waals surface area contributed by atoms with Crippen LogP contribution in [0.15, 0.2) is 0 Å². The molecule has 0 aliphatic carbocycles. The number of hydrogen-bond donors (Lipinski definition) is 2. The van der Waals surface area contributed by atoms with Gasteiger partial charge in [0, 0.05) is 19.5 Å². The molecule has 0 unspecified atom stereocenters. The molecular weight excluding hydrogens is 182 g/mol. The van der Waals surface area contributed by atoms with Crippen molar-refractivity contribution in [1.82, 2.24) is 10.3 Å². The molecule has 0 radical (unpaired) electrons. The Balaban J connectivity index is 2.70. The summed E-state index contributed by atoms with van der Waals surface area (Å²) >= 11 is 0. The standard InChI is InChI=1S/C9H17N3O2/c1-6-8(9(14)11-10)4-3-5-12(6)7(2)13/h6,8H,3-5,10H2,1-2H3,(H,11,14)/t6-,8-/m0/s1. The van der Waals surface area contributed by atoms with E-state index in [4.69, 9.17) is 5.84 Å². The van der Waals surface area contributed by atoms with Gasteiger partial charge in [-0.2, -0.15) is 0 Å². The third-order valence-electron chi connectivity index (χ3n) is 2.87. The number of hydrogen-bond acceptors (Lipinski definition) is 3. The van der Waals surface area contributed by atoms with Crippen molar-refractivity contribution in [3.8, 4) is 0 Å². The Hall–Kier alpha value is -1.10. The minimum absolute atomic E-state index is 0.0204. The first-order chi connectivity index (χ1) is 6.57. The summed E-state index contributed by atoms with van der Waals surface area (Å²) in [5.41, 5.74) is 2.15. The zero-order valence-corrected chi connectivity index (χ0v) is 8.62. The van der Waals surface area contributed by atoms with Gasteiger partial charge in [-0.25, -0.2) is 5.84 Å². The molecule has 1 aliphatic heterocycles. The molecule has 14 heavy (non-hydrogen) atoms. The first-order valence-corrected chi connectivity index (χ1v) is 4.85. The molecule has 1 rings (SSSR count). The fourth-order valence-electron chi connectivity index (χ4n) is 2.05. The summed E-state index contributed by atoms with van der Waals surface area (Å²) in [7, 11) is 0. The molecule has 2 amide bonds. The molecule has 2 atom stereocenters. The average Bonchev–Trinajstić information content (AvgIpc) is 2.16. The van der Waals surface area contributed by atoms with Crippen LogP contribution >= 0.6 is 0 Å². The van der Waals surface area contributed by atoms with Gasteiger partial charge in [-0.1, -0.05) is 0 Å². The van der Waals surface area contributed by atoms with Gasteiger partial charge in [0.15, 0.2) is 0 Å². The predicted molar refractivity (Wildman–Crippen MR) is 51.9 cm³/mol. The van der Waals surface area contributed by atoms with Gasteiger partial charge in [-0.15, -0.1) is 0 Å². The summed E-state index contributed by atoms with van der Waals surface area (Å²) < 4.78 is 0.